The molecule has 0 aliphatic heterocycles. The number of carboxylic acid groups (broad SMARTS) is 2. The molecule has 0 unspecified atom stereocenters. The van der Waals surface area contributed by atoms with Crippen molar-refractivity contribution < 1.29 is 19.8 Å². The lowest BCUT2D eigenvalue weighted by molar-refractivity contribution is -0.308. The lowest BCUT2D eigenvalue weighted by atomic mass is 10.2. The van der Waals surface area contributed by atoms with Crippen LogP contribution in [0.4, 0.5) is 0 Å². The van der Waals surface area contributed by atoms with Gasteiger partial charge in [-0.05, 0) is 25.7 Å². The Hall–Kier alpha value is -0.626. The predicted molar refractivity (Wildman–Crippen MR) is 40.0 cm³/mol. The fourth-order valence-electron chi connectivity index (χ4n) is 0.539. The van der Waals surface area contributed by atoms with Crippen molar-refractivity contribution in [3.8, 4) is 0 Å². The Bertz CT molecular complexity index is 122. The Balaban J connectivity index is -0.000000405. The first-order chi connectivity index (χ1) is 4.63. The van der Waals surface area contributed by atoms with Gasteiger partial charge in [0, 0.05) is 33.9 Å². The summed E-state index contributed by atoms with van der Waals surface area (Å²) in [4.78, 5) is 19.5. The highest BCUT2D eigenvalue weighted by atomic mass is 28.1. The Kier molecular flexibility index (Phi) is 15.1. The number of carbonyl (C=O) groups excluding carboxylic acids is 2. The first kappa shape index (κ1) is 17.5. The smallest absolute Gasteiger partial charge is 0.0414 e. The maximum absolute atomic E-state index is 9.77. The minimum absolute atomic E-state index is 0. The first-order valence-electron chi connectivity index (χ1n) is 3.02. The van der Waals surface area contributed by atoms with Gasteiger partial charge in [0.15, 0.2) is 0 Å². The minimum atomic E-state index is -1.14. The van der Waals surface area contributed by atoms with E-state index in [9.17, 15) is 19.8 Å². The molecule has 6 heteroatoms. The molecular formula is C6H8O4Si2-2. The van der Waals surface area contributed by atoms with Gasteiger partial charge in [-0.2, -0.15) is 0 Å². The molecule has 0 saturated heterocycles. The van der Waals surface area contributed by atoms with Crippen LogP contribution in [0.25, 0.3) is 0 Å². The van der Waals surface area contributed by atoms with E-state index in [2.05, 4.69) is 0 Å². The summed E-state index contributed by atoms with van der Waals surface area (Å²) < 4.78 is 0. The van der Waals surface area contributed by atoms with E-state index in [0.717, 1.165) is 0 Å². The SMILES string of the molecule is O=C([O-])CCCCC(=O)[O-].[Si].[Si]. The van der Waals surface area contributed by atoms with E-state index < -0.39 is 11.9 Å². The van der Waals surface area contributed by atoms with Crippen LogP contribution >= 0.6 is 0 Å². The van der Waals surface area contributed by atoms with E-state index in [0.29, 0.717) is 12.8 Å². The molecule has 12 heavy (non-hydrogen) atoms. The van der Waals surface area contributed by atoms with Crippen LogP contribution in [0.3, 0.4) is 0 Å². The Morgan fingerprint density at radius 1 is 0.833 bits per heavy atom. The molecule has 0 fully saturated rings. The van der Waals surface area contributed by atoms with Crippen LogP contribution in [-0.4, -0.2) is 33.9 Å². The second-order valence-corrected chi connectivity index (χ2v) is 1.95. The van der Waals surface area contributed by atoms with Gasteiger partial charge in [-0.15, -0.1) is 0 Å². The van der Waals surface area contributed by atoms with Crippen molar-refractivity contribution in [3.05, 3.63) is 0 Å². The second kappa shape index (κ2) is 10.4. The molecule has 0 N–H and O–H groups in total. The quantitative estimate of drug-likeness (QED) is 0.357. The number of hydrogen-bond acceptors (Lipinski definition) is 4. The monoisotopic (exact) mass is 200 g/mol. The van der Waals surface area contributed by atoms with Crippen LogP contribution in [0.2, 0.25) is 0 Å². The van der Waals surface area contributed by atoms with Crippen molar-refractivity contribution in [2.75, 3.05) is 0 Å². The summed E-state index contributed by atoms with van der Waals surface area (Å²) in [7, 11) is 0. The zero-order chi connectivity index (χ0) is 7.98. The number of carboxylic acids is 2. The van der Waals surface area contributed by atoms with Gasteiger partial charge in [-0.3, -0.25) is 0 Å². The minimum Gasteiger partial charge on any atom is -0.550 e. The molecule has 0 atom stereocenters. The number of carbonyl (C=O) groups is 2. The van der Waals surface area contributed by atoms with Crippen LogP contribution in [0, 0.1) is 0 Å². The highest BCUT2D eigenvalue weighted by molar-refractivity contribution is 5.76. The van der Waals surface area contributed by atoms with Gasteiger partial charge in [0.2, 0.25) is 0 Å². The van der Waals surface area contributed by atoms with Gasteiger partial charge in [0.05, 0.1) is 0 Å². The zero-order valence-corrected chi connectivity index (χ0v) is 8.46. The van der Waals surface area contributed by atoms with E-state index in [-0.39, 0.29) is 34.8 Å². The van der Waals surface area contributed by atoms with Crippen LogP contribution in [0.1, 0.15) is 25.7 Å². The Labute approximate surface area is 80.0 Å². The van der Waals surface area contributed by atoms with Gasteiger partial charge >= 0.3 is 0 Å². The van der Waals surface area contributed by atoms with Gasteiger partial charge in [0.25, 0.3) is 0 Å². The number of hydrogen-bond donors (Lipinski definition) is 0. The lowest BCUT2D eigenvalue weighted by Crippen LogP contribution is -2.23. The summed E-state index contributed by atoms with van der Waals surface area (Å²) in [5.41, 5.74) is 0. The molecule has 0 saturated carbocycles. The van der Waals surface area contributed by atoms with Gasteiger partial charge in [-0.1, -0.05) is 0 Å². The summed E-state index contributed by atoms with van der Waals surface area (Å²) in [6.07, 6.45) is 0.535. The summed E-state index contributed by atoms with van der Waals surface area (Å²) in [5, 5.41) is 19.5. The van der Waals surface area contributed by atoms with Gasteiger partial charge in [0.1, 0.15) is 0 Å². The highest BCUT2D eigenvalue weighted by Crippen LogP contribution is 1.96. The highest BCUT2D eigenvalue weighted by Gasteiger charge is 1.89. The molecular weight excluding hydrogens is 192 g/mol. The molecule has 0 spiro atoms. The fraction of sp³-hybridized carbons (Fsp3) is 0.667. The van der Waals surface area contributed by atoms with Crippen LogP contribution in [-0.2, 0) is 9.59 Å². The maximum atomic E-state index is 9.77. The van der Waals surface area contributed by atoms with E-state index >= 15 is 0 Å². The summed E-state index contributed by atoms with van der Waals surface area (Å²) in [5.74, 6) is -2.28. The normalized spacial score (nSPS) is 7.67. The summed E-state index contributed by atoms with van der Waals surface area (Å²) in [6.45, 7) is 0. The summed E-state index contributed by atoms with van der Waals surface area (Å²) in [6, 6.07) is 0. The average molecular weight is 200 g/mol. The third kappa shape index (κ3) is 16.2. The van der Waals surface area contributed by atoms with Crippen LogP contribution in [0.5, 0.6) is 0 Å². The van der Waals surface area contributed by atoms with E-state index in [1.165, 1.54) is 0 Å². The molecule has 0 rings (SSSR count). The Morgan fingerprint density at radius 3 is 1.25 bits per heavy atom. The number of rotatable bonds is 5. The molecule has 0 aliphatic rings. The molecule has 0 aromatic heterocycles. The topological polar surface area (TPSA) is 80.3 Å². The third-order valence-corrected chi connectivity index (χ3v) is 1.01. The standard InChI is InChI=1S/C6H10O4.2Si/c7-5(8)3-1-2-4-6(9)10;;/h1-4H2,(H,7,8)(H,9,10);;/p-2. The van der Waals surface area contributed by atoms with Crippen molar-refractivity contribution >= 4 is 33.9 Å². The largest absolute Gasteiger partial charge is 0.550 e. The number of aliphatic carboxylic acids is 2. The van der Waals surface area contributed by atoms with E-state index in [4.69, 9.17) is 0 Å². The van der Waals surface area contributed by atoms with Crippen molar-refractivity contribution in [3.63, 3.8) is 0 Å². The van der Waals surface area contributed by atoms with E-state index in [1.807, 2.05) is 0 Å². The van der Waals surface area contributed by atoms with Crippen molar-refractivity contribution in [1.82, 2.24) is 0 Å². The zero-order valence-electron chi connectivity index (χ0n) is 6.46. The molecule has 4 nitrogen and oxygen atoms in total. The van der Waals surface area contributed by atoms with Crippen LogP contribution in [0.15, 0.2) is 0 Å². The van der Waals surface area contributed by atoms with Gasteiger partial charge in [-0.25, -0.2) is 0 Å². The maximum Gasteiger partial charge on any atom is 0.0414 e. The molecule has 0 aliphatic carbocycles. The molecule has 0 aromatic carbocycles. The average Bonchev–Trinajstić information content (AvgIpc) is 1.79. The summed E-state index contributed by atoms with van der Waals surface area (Å²) >= 11 is 0. The predicted octanol–water partition coefficient (Wildman–Crippen LogP) is -2.71. The van der Waals surface area contributed by atoms with Crippen molar-refractivity contribution in [1.29, 1.82) is 0 Å². The molecule has 66 valence electrons. The third-order valence-electron chi connectivity index (χ3n) is 1.01. The molecule has 0 heterocycles. The molecule has 0 amide bonds. The molecule has 8 radical (unpaired) electrons. The van der Waals surface area contributed by atoms with Crippen molar-refractivity contribution in [2.24, 2.45) is 0 Å². The lowest BCUT2D eigenvalue weighted by Gasteiger charge is -2.01. The number of unbranched alkanes of at least 4 members (excludes halogenated alkanes) is 1. The van der Waals surface area contributed by atoms with Crippen molar-refractivity contribution in [2.45, 2.75) is 25.7 Å². The molecule has 0 bridgehead atoms. The van der Waals surface area contributed by atoms with Crippen LogP contribution < -0.4 is 10.2 Å². The van der Waals surface area contributed by atoms with E-state index in [1.54, 1.807) is 0 Å². The molecule has 0 aromatic rings. The fourth-order valence-corrected chi connectivity index (χ4v) is 0.539. The Morgan fingerprint density at radius 2 is 1.08 bits per heavy atom. The second-order valence-electron chi connectivity index (χ2n) is 1.95. The van der Waals surface area contributed by atoms with Gasteiger partial charge < -0.3 is 19.8 Å². The first-order valence-corrected chi connectivity index (χ1v) is 3.02.